The van der Waals surface area contributed by atoms with Gasteiger partial charge in [-0.3, -0.25) is 0 Å². The summed E-state index contributed by atoms with van der Waals surface area (Å²) in [6.07, 6.45) is 7.89. The summed E-state index contributed by atoms with van der Waals surface area (Å²) in [7, 11) is 12.4. The number of hydrogen-bond donors (Lipinski definition) is 0. The van der Waals surface area contributed by atoms with Gasteiger partial charge < -0.3 is 0 Å². The number of halogens is 2. The minimum atomic E-state index is -2.47. The van der Waals surface area contributed by atoms with E-state index >= 15 is 0 Å². The Morgan fingerprint density at radius 2 is 0.714 bits per heavy atom. The molecule has 0 radical (unpaired) electrons. The van der Waals surface area contributed by atoms with Gasteiger partial charge in [0.15, 0.2) is 0 Å². The molecule has 0 aliphatic heterocycles. The van der Waals surface area contributed by atoms with Crippen LogP contribution < -0.4 is 15.9 Å². The summed E-state index contributed by atoms with van der Waals surface area (Å²) in [5.41, 5.74) is 3.56. The van der Waals surface area contributed by atoms with Crippen LogP contribution in [0.2, 0.25) is 0 Å². The first-order valence-corrected chi connectivity index (χ1v) is 31.6. The van der Waals surface area contributed by atoms with Crippen molar-refractivity contribution in [3.8, 4) is 0 Å². The molecule has 0 spiro atoms. The average molecular weight is 929 g/mol. The number of rotatable bonds is 12. The fourth-order valence-corrected chi connectivity index (χ4v) is 13.1. The summed E-state index contributed by atoms with van der Waals surface area (Å²) in [6.45, 7) is 22.4. The molecule has 0 fully saturated rings. The van der Waals surface area contributed by atoms with Crippen molar-refractivity contribution in [3.63, 3.8) is 0 Å². The summed E-state index contributed by atoms with van der Waals surface area (Å²) >= 11 is -2.47. The first-order valence-electron chi connectivity index (χ1n) is 17.9. The molecule has 0 amide bonds. The molecule has 0 unspecified atom stereocenters. The standard InChI is InChI=1S/C12H17N.3C10H15P.2ClH.W/c1-8(2)10-6-5-7-11(9(3)4)12(10)13;3*1-3-11(4-2)10-8-6-5-7-9-10;;;/h5-9H,1-4H3;3*5-9H,3-4H2,1-2H3;2*1H;/q;;;;;;+2/p-2. The van der Waals surface area contributed by atoms with Crippen LogP contribution in [-0.2, 0) is 15.0 Å². The summed E-state index contributed by atoms with van der Waals surface area (Å²) in [5, 5.41) is 4.65. The van der Waals surface area contributed by atoms with Crippen LogP contribution in [-0.4, -0.2) is 37.0 Å². The maximum absolute atomic E-state index is 5.96. The zero-order valence-electron chi connectivity index (χ0n) is 31.7. The second kappa shape index (κ2) is 27.8. The van der Waals surface area contributed by atoms with Crippen molar-refractivity contribution >= 4 is 64.2 Å². The third kappa shape index (κ3) is 18.0. The molecule has 270 valence electrons. The largest absolute Gasteiger partial charge is 0.0759 e. The molecule has 0 aliphatic carbocycles. The Morgan fingerprint density at radius 3 is 0.918 bits per heavy atom. The molecule has 0 heterocycles. The quantitative estimate of drug-likeness (QED) is 0.126. The van der Waals surface area contributed by atoms with Gasteiger partial charge in [0.25, 0.3) is 0 Å². The van der Waals surface area contributed by atoms with E-state index in [4.69, 9.17) is 18.8 Å². The molecule has 0 bridgehead atoms. The third-order valence-electron chi connectivity index (χ3n) is 8.16. The summed E-state index contributed by atoms with van der Waals surface area (Å²) in [6, 6.07) is 38.9. The van der Waals surface area contributed by atoms with Crippen LogP contribution in [0.3, 0.4) is 0 Å². The van der Waals surface area contributed by atoms with Crippen molar-refractivity contribution in [2.75, 3.05) is 37.0 Å². The Balaban J connectivity index is 0.000000332. The van der Waals surface area contributed by atoms with Crippen molar-refractivity contribution in [1.29, 1.82) is 0 Å². The van der Waals surface area contributed by atoms with Crippen LogP contribution >= 0.6 is 42.6 Å². The van der Waals surface area contributed by atoms with Crippen molar-refractivity contribution < 1.29 is 15.0 Å². The summed E-state index contributed by atoms with van der Waals surface area (Å²) in [4.78, 5) is 0. The maximum atomic E-state index is 5.96. The Labute approximate surface area is 318 Å². The monoisotopic (exact) mass is 927 g/mol. The van der Waals surface area contributed by atoms with Crippen LogP contribution in [0.15, 0.2) is 113 Å². The SMILES string of the molecule is CC(C)c1cccc(C(C)C)c1[N]=[W]([Cl])[Cl].CCP(CC)c1ccccc1.CCP(CC)c1ccccc1.CCP(CC)c1ccccc1. The van der Waals surface area contributed by atoms with Gasteiger partial charge in [0.1, 0.15) is 0 Å². The molecule has 0 saturated carbocycles. The maximum Gasteiger partial charge on any atom is -0.0241 e. The van der Waals surface area contributed by atoms with Gasteiger partial charge in [-0.2, -0.15) is 0 Å². The molecular weight excluding hydrogens is 866 g/mol. The van der Waals surface area contributed by atoms with Gasteiger partial charge in [0.05, 0.1) is 0 Å². The molecular formula is C42H62Cl2NP3W. The van der Waals surface area contributed by atoms with Crippen molar-refractivity contribution in [1.82, 2.24) is 0 Å². The zero-order valence-corrected chi connectivity index (χ0v) is 38.9. The van der Waals surface area contributed by atoms with Crippen LogP contribution in [0.4, 0.5) is 5.69 Å². The number of hydrogen-bond acceptors (Lipinski definition) is 1. The fraction of sp³-hybridized carbons (Fsp3) is 0.429. The van der Waals surface area contributed by atoms with E-state index in [0.717, 1.165) is 5.69 Å². The van der Waals surface area contributed by atoms with E-state index in [0.29, 0.717) is 11.8 Å². The molecule has 4 rings (SSSR count). The summed E-state index contributed by atoms with van der Waals surface area (Å²) < 4.78 is 4.53. The van der Waals surface area contributed by atoms with Crippen LogP contribution in [0.5, 0.6) is 0 Å². The molecule has 1 nitrogen and oxygen atoms in total. The van der Waals surface area contributed by atoms with Crippen molar-refractivity contribution in [2.24, 2.45) is 3.50 Å². The van der Waals surface area contributed by atoms with Gasteiger partial charge >= 0.3 is 112 Å². The molecule has 0 atom stereocenters. The molecule has 0 aromatic heterocycles. The average Bonchev–Trinajstić information content (AvgIpc) is 3.12. The molecule has 0 saturated heterocycles. The van der Waals surface area contributed by atoms with Gasteiger partial charge in [-0.1, -0.05) is 156 Å². The predicted molar refractivity (Wildman–Crippen MR) is 231 cm³/mol. The predicted octanol–water partition coefficient (Wildman–Crippen LogP) is 14.2. The van der Waals surface area contributed by atoms with Crippen LogP contribution in [0.25, 0.3) is 0 Å². The van der Waals surface area contributed by atoms with E-state index < -0.39 is 15.0 Å². The van der Waals surface area contributed by atoms with E-state index in [9.17, 15) is 0 Å². The Bertz CT molecular complexity index is 1260. The van der Waals surface area contributed by atoms with Crippen molar-refractivity contribution in [3.05, 3.63) is 120 Å². The smallest absolute Gasteiger partial charge is 0.0241 e. The number of benzene rings is 4. The normalized spacial score (nSPS) is 10.8. The van der Waals surface area contributed by atoms with E-state index in [1.165, 1.54) is 48.1 Å². The van der Waals surface area contributed by atoms with E-state index in [2.05, 4.69) is 182 Å². The van der Waals surface area contributed by atoms with E-state index in [-0.39, 0.29) is 23.8 Å². The summed E-state index contributed by atoms with van der Waals surface area (Å²) in [5.74, 6) is 0.904. The molecule has 7 heteroatoms. The van der Waals surface area contributed by atoms with Gasteiger partial charge in [-0.05, 0) is 52.9 Å². The zero-order chi connectivity index (χ0) is 36.6. The molecule has 49 heavy (non-hydrogen) atoms. The molecule has 4 aromatic carbocycles. The fourth-order valence-electron chi connectivity index (χ4n) is 5.37. The van der Waals surface area contributed by atoms with Gasteiger partial charge in [-0.15, -0.1) is 0 Å². The molecule has 4 aromatic rings. The first kappa shape index (κ1) is 46.3. The Kier molecular flexibility index (Phi) is 26.3. The third-order valence-corrected chi connectivity index (χ3v) is 18.1. The Morgan fingerprint density at radius 1 is 0.449 bits per heavy atom. The van der Waals surface area contributed by atoms with Gasteiger partial charge in [-0.25, -0.2) is 0 Å². The minimum Gasteiger partial charge on any atom is -0.0759 e. The van der Waals surface area contributed by atoms with Crippen LogP contribution in [0, 0.1) is 0 Å². The Hall–Kier alpha value is -0.762. The molecule has 0 N–H and O–H groups in total. The van der Waals surface area contributed by atoms with Crippen molar-refractivity contribution in [2.45, 2.75) is 81.1 Å². The minimum absolute atomic E-state index is 0.149. The van der Waals surface area contributed by atoms with E-state index in [1.54, 1.807) is 15.9 Å². The van der Waals surface area contributed by atoms with Gasteiger partial charge in [0.2, 0.25) is 0 Å². The number of nitrogens with zero attached hydrogens (tertiary/aromatic N) is 1. The molecule has 0 aliphatic rings. The second-order valence-corrected chi connectivity index (χ2v) is 28.6. The first-order chi connectivity index (χ1) is 23.6. The topological polar surface area (TPSA) is 12.4 Å². The van der Waals surface area contributed by atoms with Gasteiger partial charge in [0, 0.05) is 0 Å². The van der Waals surface area contributed by atoms with Crippen LogP contribution in [0.1, 0.15) is 92.2 Å². The second-order valence-electron chi connectivity index (χ2n) is 11.9. The van der Waals surface area contributed by atoms with E-state index in [1.807, 2.05) is 0 Å².